The van der Waals surface area contributed by atoms with Crippen molar-refractivity contribution in [3.05, 3.63) is 36.1 Å². The number of guanidine groups is 1. The Kier molecular flexibility index (Phi) is 5.28. The Morgan fingerprint density at radius 3 is 2.85 bits per heavy atom. The monoisotopic (exact) mass is 385 g/mol. The smallest absolute Gasteiger partial charge is 0.191 e. The molecular weight excluding hydrogens is 365 g/mol. The van der Waals surface area contributed by atoms with E-state index in [0.717, 1.165) is 29.2 Å². The van der Waals surface area contributed by atoms with E-state index in [-0.39, 0.29) is 24.0 Å². The molecule has 0 spiro atoms. The molecule has 108 valence electrons. The fourth-order valence-corrected chi connectivity index (χ4v) is 2.01. The molecule has 0 amide bonds. The first kappa shape index (κ1) is 15.2. The molecule has 0 radical (unpaired) electrons. The molecule has 0 atom stereocenters. The molecule has 1 aliphatic rings. The van der Waals surface area contributed by atoms with E-state index < -0.39 is 0 Å². The molecule has 1 fully saturated rings. The van der Waals surface area contributed by atoms with Gasteiger partial charge in [-0.3, -0.25) is 0 Å². The number of fused-ring (bicyclic) bond motifs is 1. The maximum Gasteiger partial charge on any atom is 0.191 e. The number of hydrogen-bond donors (Lipinski definition) is 2. The molecule has 0 aliphatic heterocycles. The van der Waals surface area contributed by atoms with Gasteiger partial charge in [0.05, 0.1) is 0 Å². The minimum atomic E-state index is 0. The number of benzene rings is 1. The Bertz CT molecular complexity index is 557. The van der Waals surface area contributed by atoms with Crippen LogP contribution in [0.25, 0.3) is 11.0 Å². The van der Waals surface area contributed by atoms with E-state index in [1.54, 1.807) is 0 Å². The van der Waals surface area contributed by atoms with Crippen molar-refractivity contribution < 1.29 is 4.42 Å². The number of nitrogens with zero attached hydrogens (tertiary/aromatic N) is 1. The third kappa shape index (κ3) is 3.88. The molecule has 0 unspecified atom stereocenters. The minimum Gasteiger partial charge on any atom is -0.459 e. The number of furan rings is 1. The molecule has 5 heteroatoms. The lowest BCUT2D eigenvalue weighted by Crippen LogP contribution is -2.38. The molecule has 0 bridgehead atoms. The maximum atomic E-state index is 5.75. The van der Waals surface area contributed by atoms with Crippen LogP contribution in [0.4, 0.5) is 0 Å². The Morgan fingerprint density at radius 2 is 2.15 bits per heavy atom. The summed E-state index contributed by atoms with van der Waals surface area (Å²) in [6, 6.07) is 10.7. The predicted molar refractivity (Wildman–Crippen MR) is 92.6 cm³/mol. The van der Waals surface area contributed by atoms with Crippen molar-refractivity contribution in [3.63, 3.8) is 0 Å². The van der Waals surface area contributed by atoms with Crippen LogP contribution >= 0.6 is 24.0 Å². The molecule has 1 aromatic carbocycles. The molecule has 4 nitrogen and oxygen atoms in total. The Hall–Kier alpha value is -1.24. The quantitative estimate of drug-likeness (QED) is 0.483. The highest BCUT2D eigenvalue weighted by Gasteiger charge is 2.22. The first-order valence-corrected chi connectivity index (χ1v) is 6.87. The summed E-state index contributed by atoms with van der Waals surface area (Å²) in [4.78, 5) is 4.56. The third-order valence-electron chi connectivity index (χ3n) is 3.13. The van der Waals surface area contributed by atoms with Gasteiger partial charge < -0.3 is 15.1 Å². The van der Waals surface area contributed by atoms with Crippen molar-refractivity contribution in [1.82, 2.24) is 10.6 Å². The van der Waals surface area contributed by atoms with Crippen LogP contribution in [-0.2, 0) is 6.54 Å². The molecule has 1 heterocycles. The normalized spacial score (nSPS) is 14.9. The maximum absolute atomic E-state index is 5.75. The molecule has 1 saturated carbocycles. The second-order valence-electron chi connectivity index (χ2n) is 4.86. The topological polar surface area (TPSA) is 49.6 Å². The predicted octanol–water partition coefficient (Wildman–Crippen LogP) is 3.27. The second kappa shape index (κ2) is 6.97. The average molecular weight is 385 g/mol. The SMILES string of the molecule is CCNC(=NCc1cc2ccccc2o1)NC1CC1.I. The van der Waals surface area contributed by atoms with Crippen molar-refractivity contribution in [2.24, 2.45) is 4.99 Å². The second-order valence-corrected chi connectivity index (χ2v) is 4.86. The van der Waals surface area contributed by atoms with Gasteiger partial charge in [0, 0.05) is 18.0 Å². The first-order valence-electron chi connectivity index (χ1n) is 6.87. The number of halogens is 1. The Morgan fingerprint density at radius 1 is 1.35 bits per heavy atom. The highest BCUT2D eigenvalue weighted by Crippen LogP contribution is 2.20. The van der Waals surface area contributed by atoms with Gasteiger partial charge in [-0.1, -0.05) is 18.2 Å². The van der Waals surface area contributed by atoms with Gasteiger partial charge in [-0.15, -0.1) is 24.0 Å². The zero-order chi connectivity index (χ0) is 13.1. The zero-order valence-corrected chi connectivity index (χ0v) is 13.9. The lowest BCUT2D eigenvalue weighted by atomic mass is 10.2. The fraction of sp³-hybridized carbons (Fsp3) is 0.400. The van der Waals surface area contributed by atoms with Gasteiger partial charge in [0.2, 0.25) is 0 Å². The van der Waals surface area contributed by atoms with Crippen LogP contribution < -0.4 is 10.6 Å². The van der Waals surface area contributed by atoms with E-state index >= 15 is 0 Å². The fourth-order valence-electron chi connectivity index (χ4n) is 2.01. The number of hydrogen-bond acceptors (Lipinski definition) is 2. The summed E-state index contributed by atoms with van der Waals surface area (Å²) in [7, 11) is 0. The van der Waals surface area contributed by atoms with Crippen molar-refractivity contribution >= 4 is 40.9 Å². The highest BCUT2D eigenvalue weighted by molar-refractivity contribution is 14.0. The van der Waals surface area contributed by atoms with Crippen LogP contribution in [0, 0.1) is 0 Å². The number of para-hydroxylation sites is 1. The van der Waals surface area contributed by atoms with Gasteiger partial charge in [0.15, 0.2) is 5.96 Å². The Labute approximate surface area is 136 Å². The number of rotatable bonds is 4. The van der Waals surface area contributed by atoms with Gasteiger partial charge in [-0.05, 0) is 31.9 Å². The van der Waals surface area contributed by atoms with Crippen LogP contribution in [-0.4, -0.2) is 18.5 Å². The molecule has 3 rings (SSSR count). The number of nitrogens with one attached hydrogen (secondary N) is 2. The Balaban J connectivity index is 0.00000147. The molecule has 20 heavy (non-hydrogen) atoms. The average Bonchev–Trinajstić information content (AvgIpc) is 3.13. The molecule has 2 N–H and O–H groups in total. The highest BCUT2D eigenvalue weighted by atomic mass is 127. The summed E-state index contributed by atoms with van der Waals surface area (Å²) in [5.41, 5.74) is 0.924. The molecule has 2 aromatic rings. The van der Waals surface area contributed by atoms with Crippen LogP contribution in [0.2, 0.25) is 0 Å². The summed E-state index contributed by atoms with van der Waals surface area (Å²) in [5, 5.41) is 7.78. The van der Waals surface area contributed by atoms with E-state index in [1.807, 2.05) is 18.2 Å². The minimum absolute atomic E-state index is 0. The molecular formula is C15H20IN3O. The van der Waals surface area contributed by atoms with E-state index in [1.165, 1.54) is 12.8 Å². The summed E-state index contributed by atoms with van der Waals surface area (Å²) < 4.78 is 5.75. The van der Waals surface area contributed by atoms with E-state index in [4.69, 9.17) is 4.42 Å². The van der Waals surface area contributed by atoms with Gasteiger partial charge >= 0.3 is 0 Å². The van der Waals surface area contributed by atoms with E-state index in [9.17, 15) is 0 Å². The van der Waals surface area contributed by atoms with Crippen molar-refractivity contribution in [1.29, 1.82) is 0 Å². The summed E-state index contributed by atoms with van der Waals surface area (Å²) in [6.07, 6.45) is 2.49. The van der Waals surface area contributed by atoms with Crippen molar-refractivity contribution in [3.8, 4) is 0 Å². The zero-order valence-electron chi connectivity index (χ0n) is 11.6. The van der Waals surface area contributed by atoms with Gasteiger partial charge in [0.1, 0.15) is 17.9 Å². The lowest BCUT2D eigenvalue weighted by Gasteiger charge is -2.09. The van der Waals surface area contributed by atoms with Gasteiger partial charge in [0.25, 0.3) is 0 Å². The first-order chi connectivity index (χ1) is 9.35. The van der Waals surface area contributed by atoms with E-state index in [2.05, 4.69) is 34.7 Å². The summed E-state index contributed by atoms with van der Waals surface area (Å²) in [5.74, 6) is 1.78. The molecule has 1 aliphatic carbocycles. The van der Waals surface area contributed by atoms with Crippen LogP contribution in [0.15, 0.2) is 39.7 Å². The third-order valence-corrected chi connectivity index (χ3v) is 3.13. The van der Waals surface area contributed by atoms with E-state index in [0.29, 0.717) is 12.6 Å². The van der Waals surface area contributed by atoms with Crippen LogP contribution in [0.3, 0.4) is 0 Å². The lowest BCUT2D eigenvalue weighted by molar-refractivity contribution is 0.551. The van der Waals surface area contributed by atoms with Crippen molar-refractivity contribution in [2.45, 2.75) is 32.4 Å². The largest absolute Gasteiger partial charge is 0.459 e. The summed E-state index contributed by atoms with van der Waals surface area (Å²) >= 11 is 0. The van der Waals surface area contributed by atoms with Gasteiger partial charge in [-0.2, -0.15) is 0 Å². The van der Waals surface area contributed by atoms with Crippen LogP contribution in [0.1, 0.15) is 25.5 Å². The van der Waals surface area contributed by atoms with Crippen LogP contribution in [0.5, 0.6) is 0 Å². The standard InChI is InChI=1S/C15H19N3O.HI/c1-2-16-15(18-12-7-8-12)17-10-13-9-11-5-3-4-6-14(11)19-13;/h3-6,9,12H,2,7-8,10H2,1H3,(H2,16,17,18);1H. The molecule has 1 aromatic heterocycles. The molecule has 0 saturated heterocycles. The number of aliphatic imine (C=N–C) groups is 1. The summed E-state index contributed by atoms with van der Waals surface area (Å²) in [6.45, 7) is 3.51. The van der Waals surface area contributed by atoms with Gasteiger partial charge in [-0.25, -0.2) is 4.99 Å². The van der Waals surface area contributed by atoms with Crippen molar-refractivity contribution in [2.75, 3.05) is 6.54 Å².